The van der Waals surface area contributed by atoms with Crippen LogP contribution in [-0.4, -0.2) is 61.4 Å². The van der Waals surface area contributed by atoms with E-state index in [0.29, 0.717) is 26.3 Å². The van der Waals surface area contributed by atoms with Gasteiger partial charge in [-0.3, -0.25) is 9.89 Å². The molecule has 7 nitrogen and oxygen atoms in total. The lowest BCUT2D eigenvalue weighted by molar-refractivity contribution is 0.104. The summed E-state index contributed by atoms with van der Waals surface area (Å²) in [7, 11) is 0. The van der Waals surface area contributed by atoms with E-state index in [1.807, 2.05) is 19.1 Å². The molecular formula is C23H35IN4O3. The topological polar surface area (TPSA) is 82.3 Å². The Labute approximate surface area is 202 Å². The van der Waals surface area contributed by atoms with E-state index in [0.717, 1.165) is 50.7 Å². The molecule has 8 heteroatoms. The normalized spacial score (nSPS) is 15.1. The molecule has 3 N–H and O–H groups in total. The summed E-state index contributed by atoms with van der Waals surface area (Å²) in [6.07, 6.45) is 3.07. The highest BCUT2D eigenvalue weighted by molar-refractivity contribution is 14.0. The van der Waals surface area contributed by atoms with E-state index in [1.165, 1.54) is 11.1 Å². The second-order valence-electron chi connectivity index (χ2n) is 7.54. The number of halogens is 1. The maximum absolute atomic E-state index is 10.5. The Hall–Kier alpha value is -1.62. The summed E-state index contributed by atoms with van der Waals surface area (Å²) in [6.45, 7) is 7.59. The third-order valence-corrected chi connectivity index (χ3v) is 5.07. The van der Waals surface area contributed by atoms with Crippen LogP contribution in [-0.2, 0) is 24.3 Å². The van der Waals surface area contributed by atoms with Gasteiger partial charge in [0.2, 0.25) is 0 Å². The predicted octanol–water partition coefficient (Wildman–Crippen LogP) is 2.78. The van der Waals surface area contributed by atoms with Crippen molar-refractivity contribution in [3.8, 4) is 0 Å². The van der Waals surface area contributed by atoms with Gasteiger partial charge in [0.15, 0.2) is 5.96 Å². The molecule has 0 saturated heterocycles. The molecule has 1 aliphatic heterocycles. The number of aliphatic hydroxyl groups is 1. The molecule has 172 valence electrons. The number of hydrogen-bond acceptors (Lipinski definition) is 5. The van der Waals surface area contributed by atoms with Gasteiger partial charge >= 0.3 is 0 Å². The van der Waals surface area contributed by atoms with Crippen molar-refractivity contribution in [1.29, 1.82) is 0 Å². The largest absolute Gasteiger partial charge is 0.467 e. The first kappa shape index (κ1) is 25.6. The number of β-amino-alcohol motifs (C(OH)–C–C–N with tert-alkyl or cyclic N) is 1. The third kappa shape index (κ3) is 9.18. The zero-order valence-electron chi connectivity index (χ0n) is 18.3. The summed E-state index contributed by atoms with van der Waals surface area (Å²) in [5.74, 6) is 1.57. The maximum Gasteiger partial charge on any atom is 0.191 e. The van der Waals surface area contributed by atoms with Gasteiger partial charge in [-0.15, -0.1) is 24.0 Å². The Morgan fingerprint density at radius 3 is 2.84 bits per heavy atom. The fourth-order valence-electron chi connectivity index (χ4n) is 3.55. The Balaban J connectivity index is 0.00000341. The van der Waals surface area contributed by atoms with Crippen LogP contribution in [0.3, 0.4) is 0 Å². The highest BCUT2D eigenvalue weighted by Crippen LogP contribution is 2.18. The Morgan fingerprint density at radius 1 is 1.23 bits per heavy atom. The van der Waals surface area contributed by atoms with Crippen LogP contribution in [0, 0.1) is 0 Å². The van der Waals surface area contributed by atoms with Crippen LogP contribution in [0.5, 0.6) is 0 Å². The quantitative estimate of drug-likeness (QED) is 0.175. The zero-order chi connectivity index (χ0) is 21.0. The average Bonchev–Trinajstić information content (AvgIpc) is 3.28. The standard InChI is InChI=1S/C23H34N4O3.HI/c1-2-24-23(25-11-6-13-29-18-22-9-5-14-30-22)26-15-21(28)17-27-12-10-19-7-3-4-8-20(19)16-27;/h3-5,7-9,14,21,28H,2,6,10-13,15-18H2,1H3,(H2,24,25,26);1H. The van der Waals surface area contributed by atoms with Crippen LogP contribution in [0.1, 0.15) is 30.2 Å². The van der Waals surface area contributed by atoms with E-state index in [2.05, 4.69) is 44.8 Å². The van der Waals surface area contributed by atoms with E-state index in [4.69, 9.17) is 9.15 Å². The van der Waals surface area contributed by atoms with Crippen LogP contribution in [0.4, 0.5) is 0 Å². The minimum absolute atomic E-state index is 0. The smallest absolute Gasteiger partial charge is 0.191 e. The van der Waals surface area contributed by atoms with Crippen LogP contribution < -0.4 is 10.6 Å². The van der Waals surface area contributed by atoms with Gasteiger partial charge in [0.25, 0.3) is 0 Å². The van der Waals surface area contributed by atoms with E-state index < -0.39 is 6.10 Å². The molecule has 2 heterocycles. The van der Waals surface area contributed by atoms with Crippen molar-refractivity contribution in [3.63, 3.8) is 0 Å². The van der Waals surface area contributed by atoms with Gasteiger partial charge < -0.3 is 24.9 Å². The number of nitrogens with one attached hydrogen (secondary N) is 2. The minimum atomic E-state index is -0.484. The van der Waals surface area contributed by atoms with Crippen molar-refractivity contribution in [2.24, 2.45) is 4.99 Å². The molecule has 0 aliphatic carbocycles. The molecular weight excluding hydrogens is 507 g/mol. The van der Waals surface area contributed by atoms with Crippen molar-refractivity contribution in [3.05, 3.63) is 59.5 Å². The number of aliphatic imine (C=N–C) groups is 1. The van der Waals surface area contributed by atoms with Crippen molar-refractivity contribution < 1.29 is 14.3 Å². The molecule has 0 amide bonds. The fourth-order valence-corrected chi connectivity index (χ4v) is 3.55. The number of rotatable bonds is 11. The maximum atomic E-state index is 10.5. The minimum Gasteiger partial charge on any atom is -0.467 e. The molecule has 0 saturated carbocycles. The molecule has 1 aliphatic rings. The highest BCUT2D eigenvalue weighted by atomic mass is 127. The number of fused-ring (bicyclic) bond motifs is 1. The first-order valence-electron chi connectivity index (χ1n) is 10.8. The Bertz CT molecular complexity index is 770. The SMILES string of the molecule is CCNC(=NCC(O)CN1CCc2ccccc2C1)NCCCOCc1ccco1.I. The van der Waals surface area contributed by atoms with Gasteiger partial charge in [0.05, 0.1) is 18.9 Å². The van der Waals surface area contributed by atoms with E-state index in [9.17, 15) is 5.11 Å². The Morgan fingerprint density at radius 2 is 2.06 bits per heavy atom. The average molecular weight is 542 g/mol. The Kier molecular flexibility index (Phi) is 11.9. The molecule has 1 aromatic heterocycles. The van der Waals surface area contributed by atoms with E-state index >= 15 is 0 Å². The van der Waals surface area contributed by atoms with Gasteiger partial charge in [-0.05, 0) is 43.0 Å². The van der Waals surface area contributed by atoms with Crippen molar-refractivity contribution in [1.82, 2.24) is 15.5 Å². The summed E-state index contributed by atoms with van der Waals surface area (Å²) in [4.78, 5) is 6.85. The molecule has 0 radical (unpaired) electrons. The molecule has 3 rings (SSSR count). The van der Waals surface area contributed by atoms with Crippen LogP contribution in [0.2, 0.25) is 0 Å². The van der Waals surface area contributed by atoms with Gasteiger partial charge in [-0.25, -0.2) is 0 Å². The lowest BCUT2D eigenvalue weighted by atomic mass is 10.00. The number of aliphatic hydroxyl groups excluding tert-OH is 1. The number of ether oxygens (including phenoxy) is 1. The molecule has 0 spiro atoms. The molecule has 2 aromatic rings. The summed E-state index contributed by atoms with van der Waals surface area (Å²) in [5.41, 5.74) is 2.79. The van der Waals surface area contributed by atoms with E-state index in [1.54, 1.807) is 6.26 Å². The van der Waals surface area contributed by atoms with Crippen molar-refractivity contribution >= 4 is 29.9 Å². The zero-order valence-corrected chi connectivity index (χ0v) is 20.6. The van der Waals surface area contributed by atoms with E-state index in [-0.39, 0.29) is 24.0 Å². The van der Waals surface area contributed by atoms with Crippen molar-refractivity contribution in [2.45, 2.75) is 39.0 Å². The van der Waals surface area contributed by atoms with Crippen LogP contribution in [0.15, 0.2) is 52.1 Å². The molecule has 1 atom stereocenters. The summed E-state index contributed by atoms with van der Waals surface area (Å²) < 4.78 is 10.8. The molecule has 0 fully saturated rings. The fraction of sp³-hybridized carbons (Fsp3) is 0.522. The molecule has 1 aromatic carbocycles. The number of benzene rings is 1. The number of nitrogens with zero attached hydrogens (tertiary/aromatic N) is 2. The number of hydrogen-bond donors (Lipinski definition) is 3. The first-order chi connectivity index (χ1) is 14.7. The summed E-state index contributed by atoms with van der Waals surface area (Å²) in [5, 5.41) is 17.0. The lowest BCUT2D eigenvalue weighted by Crippen LogP contribution is -2.40. The second-order valence-corrected chi connectivity index (χ2v) is 7.54. The molecule has 1 unspecified atom stereocenters. The number of guanidine groups is 1. The highest BCUT2D eigenvalue weighted by Gasteiger charge is 2.18. The summed E-state index contributed by atoms with van der Waals surface area (Å²) >= 11 is 0. The van der Waals surface area contributed by atoms with Gasteiger partial charge in [0, 0.05) is 39.3 Å². The van der Waals surface area contributed by atoms with Crippen molar-refractivity contribution in [2.75, 3.05) is 39.3 Å². The number of furan rings is 1. The monoisotopic (exact) mass is 542 g/mol. The third-order valence-electron chi connectivity index (χ3n) is 5.07. The van der Waals surface area contributed by atoms with Crippen LogP contribution in [0.25, 0.3) is 0 Å². The predicted molar refractivity (Wildman–Crippen MR) is 134 cm³/mol. The first-order valence-corrected chi connectivity index (χ1v) is 10.8. The molecule has 0 bridgehead atoms. The van der Waals surface area contributed by atoms with Gasteiger partial charge in [-0.1, -0.05) is 24.3 Å². The lowest BCUT2D eigenvalue weighted by Gasteiger charge is -2.30. The van der Waals surface area contributed by atoms with Gasteiger partial charge in [-0.2, -0.15) is 0 Å². The second kappa shape index (κ2) is 14.4. The summed E-state index contributed by atoms with van der Waals surface area (Å²) in [6, 6.07) is 12.3. The van der Waals surface area contributed by atoms with Crippen LogP contribution >= 0.6 is 24.0 Å². The molecule has 31 heavy (non-hydrogen) atoms. The van der Waals surface area contributed by atoms with Gasteiger partial charge in [0.1, 0.15) is 12.4 Å².